The van der Waals surface area contributed by atoms with Crippen LogP contribution in [0.5, 0.6) is 0 Å². The molecule has 6 nitrogen and oxygen atoms in total. The van der Waals surface area contributed by atoms with Crippen molar-refractivity contribution in [3.05, 3.63) is 71.1 Å². The van der Waals surface area contributed by atoms with Gasteiger partial charge in [0, 0.05) is 12.0 Å². The van der Waals surface area contributed by atoms with Crippen molar-refractivity contribution in [1.82, 2.24) is 4.98 Å². The molecule has 34 heavy (non-hydrogen) atoms. The molecule has 0 saturated heterocycles. The predicted molar refractivity (Wildman–Crippen MR) is 137 cm³/mol. The Morgan fingerprint density at radius 2 is 1.59 bits per heavy atom. The fourth-order valence-electron chi connectivity index (χ4n) is 3.03. The van der Waals surface area contributed by atoms with E-state index in [1.165, 1.54) is 0 Å². The van der Waals surface area contributed by atoms with E-state index in [0.29, 0.717) is 30.4 Å². The minimum atomic E-state index is -3.80. The maximum atomic E-state index is 12.4. The first-order valence-electron chi connectivity index (χ1n) is 11.4. The highest BCUT2D eigenvalue weighted by atomic mass is 32.2. The maximum Gasteiger partial charge on any atom is 0.296 e. The summed E-state index contributed by atoms with van der Waals surface area (Å²) >= 11 is 0. The number of oxazole rings is 1. The molecule has 0 bridgehead atoms. The van der Waals surface area contributed by atoms with Crippen LogP contribution in [0.2, 0.25) is 18.1 Å². The van der Waals surface area contributed by atoms with Gasteiger partial charge in [-0.25, -0.2) is 4.98 Å². The second kappa shape index (κ2) is 10.2. The Balaban J connectivity index is 1.60. The summed E-state index contributed by atoms with van der Waals surface area (Å²) in [6.45, 7) is 15.5. The molecule has 2 aromatic carbocycles. The SMILES string of the molecule is Cc1ccc(S(=O)(=O)OCCc2nc(-c3ccc(CO[Si](C)(C)C(C)(C)C)cc3)oc2C)cc1. The van der Waals surface area contributed by atoms with Crippen LogP contribution in [0, 0.1) is 13.8 Å². The highest BCUT2D eigenvalue weighted by Crippen LogP contribution is 2.37. The van der Waals surface area contributed by atoms with Gasteiger partial charge in [-0.2, -0.15) is 8.42 Å². The molecule has 3 rings (SSSR count). The molecule has 0 unspecified atom stereocenters. The number of nitrogens with zero attached hydrogens (tertiary/aromatic N) is 1. The Labute approximate surface area is 204 Å². The third-order valence-corrected chi connectivity index (χ3v) is 12.2. The molecule has 3 aromatic rings. The monoisotopic (exact) mass is 501 g/mol. The van der Waals surface area contributed by atoms with E-state index in [9.17, 15) is 8.42 Å². The van der Waals surface area contributed by atoms with Crippen LogP contribution < -0.4 is 0 Å². The quantitative estimate of drug-likeness (QED) is 0.248. The van der Waals surface area contributed by atoms with Crippen LogP contribution in [0.25, 0.3) is 11.5 Å². The van der Waals surface area contributed by atoms with Crippen LogP contribution >= 0.6 is 0 Å². The van der Waals surface area contributed by atoms with E-state index >= 15 is 0 Å². The van der Waals surface area contributed by atoms with E-state index in [0.717, 1.165) is 16.7 Å². The lowest BCUT2D eigenvalue weighted by Crippen LogP contribution is -2.40. The first-order chi connectivity index (χ1) is 15.8. The van der Waals surface area contributed by atoms with E-state index in [1.54, 1.807) is 24.3 Å². The van der Waals surface area contributed by atoms with Gasteiger partial charge >= 0.3 is 0 Å². The summed E-state index contributed by atoms with van der Waals surface area (Å²) in [5.41, 5.74) is 3.63. The van der Waals surface area contributed by atoms with Crippen molar-refractivity contribution in [1.29, 1.82) is 0 Å². The van der Waals surface area contributed by atoms with Crippen molar-refractivity contribution >= 4 is 18.4 Å². The normalized spacial score (nSPS) is 12.8. The molecule has 184 valence electrons. The largest absolute Gasteiger partial charge is 0.441 e. The lowest BCUT2D eigenvalue weighted by molar-refractivity contribution is 0.276. The molecule has 8 heteroatoms. The molecule has 0 N–H and O–H groups in total. The molecule has 0 spiro atoms. The third-order valence-electron chi connectivity index (χ3n) is 6.39. The van der Waals surface area contributed by atoms with Crippen LogP contribution in [0.4, 0.5) is 0 Å². The standard InChI is InChI=1S/C26H35NO5SSi/c1-19-8-14-23(15-9-19)33(28,29)30-17-16-24-20(2)32-25(27-24)22-12-10-21(11-13-22)18-31-34(6,7)26(3,4)5/h8-15H,16-18H2,1-7H3. The first-order valence-corrected chi connectivity index (χ1v) is 15.8. The molecule has 1 aromatic heterocycles. The number of benzene rings is 2. The number of aromatic nitrogens is 1. The van der Waals surface area contributed by atoms with Crippen molar-refractivity contribution in [3.63, 3.8) is 0 Å². The van der Waals surface area contributed by atoms with E-state index in [2.05, 4.69) is 38.8 Å². The summed E-state index contributed by atoms with van der Waals surface area (Å²) in [5, 5.41) is 0.169. The predicted octanol–water partition coefficient (Wildman–Crippen LogP) is 6.43. The van der Waals surface area contributed by atoms with Crippen molar-refractivity contribution in [2.45, 2.75) is 70.7 Å². The van der Waals surface area contributed by atoms with Gasteiger partial charge in [0.1, 0.15) is 5.76 Å². The Bertz CT molecular complexity index is 1210. The first kappa shape index (κ1) is 26.3. The highest BCUT2D eigenvalue weighted by molar-refractivity contribution is 7.86. The molecular formula is C26H35NO5SSi. The molecular weight excluding hydrogens is 466 g/mol. The average Bonchev–Trinajstić information content (AvgIpc) is 3.12. The van der Waals surface area contributed by atoms with Crippen molar-refractivity contribution < 1.29 is 21.4 Å². The van der Waals surface area contributed by atoms with Gasteiger partial charge in [-0.1, -0.05) is 50.6 Å². The molecule has 0 fully saturated rings. The Morgan fingerprint density at radius 1 is 0.971 bits per heavy atom. The van der Waals surface area contributed by atoms with Crippen LogP contribution in [0.3, 0.4) is 0 Å². The van der Waals surface area contributed by atoms with Crippen molar-refractivity contribution in [2.75, 3.05) is 6.61 Å². The molecule has 0 atom stereocenters. The summed E-state index contributed by atoms with van der Waals surface area (Å²) < 4.78 is 42.1. The van der Waals surface area contributed by atoms with Gasteiger partial charge in [-0.05, 0) is 61.8 Å². The number of hydrogen-bond acceptors (Lipinski definition) is 6. The van der Waals surface area contributed by atoms with Gasteiger partial charge in [0.05, 0.1) is 23.8 Å². The van der Waals surface area contributed by atoms with Crippen LogP contribution in [0.1, 0.15) is 43.4 Å². The van der Waals surface area contributed by atoms with Gasteiger partial charge in [0.25, 0.3) is 10.1 Å². The lowest BCUT2D eigenvalue weighted by Gasteiger charge is -2.36. The number of hydrogen-bond donors (Lipinski definition) is 0. The Hall–Kier alpha value is -2.26. The molecule has 0 amide bonds. The molecule has 0 aliphatic heterocycles. The molecule has 0 aliphatic carbocycles. The van der Waals surface area contributed by atoms with Crippen LogP contribution in [0.15, 0.2) is 57.8 Å². The fraction of sp³-hybridized carbons (Fsp3) is 0.423. The summed E-state index contributed by atoms with van der Waals surface area (Å²) in [6.07, 6.45) is 0.332. The van der Waals surface area contributed by atoms with Crippen LogP contribution in [-0.4, -0.2) is 28.3 Å². The van der Waals surface area contributed by atoms with E-state index < -0.39 is 18.4 Å². The zero-order valence-corrected chi connectivity index (χ0v) is 23.0. The molecule has 0 saturated carbocycles. The molecule has 0 radical (unpaired) electrons. The Kier molecular flexibility index (Phi) is 7.87. The van der Waals surface area contributed by atoms with Gasteiger partial charge < -0.3 is 8.84 Å². The summed E-state index contributed by atoms with van der Waals surface area (Å²) in [5.74, 6) is 1.16. The van der Waals surface area contributed by atoms with Crippen molar-refractivity contribution in [3.8, 4) is 11.5 Å². The number of rotatable bonds is 9. The summed E-state index contributed by atoms with van der Waals surface area (Å²) in [4.78, 5) is 4.71. The number of aryl methyl sites for hydroxylation is 2. The van der Waals surface area contributed by atoms with E-state index in [1.807, 2.05) is 38.1 Å². The van der Waals surface area contributed by atoms with Gasteiger partial charge in [-0.3, -0.25) is 4.18 Å². The fourth-order valence-corrected chi connectivity index (χ4v) is 4.90. The summed E-state index contributed by atoms with van der Waals surface area (Å²) in [7, 11) is -5.61. The topological polar surface area (TPSA) is 78.6 Å². The molecule has 0 aliphatic rings. The Morgan fingerprint density at radius 3 is 2.18 bits per heavy atom. The van der Waals surface area contributed by atoms with E-state index in [4.69, 9.17) is 13.0 Å². The second-order valence-corrected chi connectivity index (χ2v) is 16.5. The smallest absolute Gasteiger partial charge is 0.296 e. The third kappa shape index (κ3) is 6.44. The van der Waals surface area contributed by atoms with Crippen molar-refractivity contribution in [2.24, 2.45) is 0 Å². The minimum absolute atomic E-state index is 0.00719. The van der Waals surface area contributed by atoms with Gasteiger partial charge in [0.2, 0.25) is 5.89 Å². The zero-order valence-electron chi connectivity index (χ0n) is 21.1. The van der Waals surface area contributed by atoms with Crippen LogP contribution in [-0.2, 0) is 31.8 Å². The minimum Gasteiger partial charge on any atom is -0.441 e. The second-order valence-electron chi connectivity index (χ2n) is 10.1. The molecule has 1 heterocycles. The zero-order chi connectivity index (χ0) is 25.1. The highest BCUT2D eigenvalue weighted by Gasteiger charge is 2.37. The lowest BCUT2D eigenvalue weighted by atomic mass is 10.1. The average molecular weight is 502 g/mol. The van der Waals surface area contributed by atoms with E-state index in [-0.39, 0.29) is 16.5 Å². The van der Waals surface area contributed by atoms with Gasteiger partial charge in [-0.15, -0.1) is 0 Å². The maximum absolute atomic E-state index is 12.4. The summed E-state index contributed by atoms with van der Waals surface area (Å²) in [6, 6.07) is 14.6. The van der Waals surface area contributed by atoms with Gasteiger partial charge in [0.15, 0.2) is 8.32 Å².